The van der Waals surface area contributed by atoms with Crippen LogP contribution in [0, 0.1) is 0 Å². The summed E-state index contributed by atoms with van der Waals surface area (Å²) in [5.74, 6) is 3.58. The monoisotopic (exact) mass is 208 g/mol. The smallest absolute Gasteiger partial charge is 0.0470 e. The lowest BCUT2D eigenvalue weighted by Crippen LogP contribution is -1.91. The molecule has 0 saturated carbocycles. The van der Waals surface area contributed by atoms with E-state index in [0.29, 0.717) is 0 Å². The molecule has 0 radical (unpaired) electrons. The minimum absolute atomic E-state index is 0.906. The number of thioether (sulfide) groups is 1. The number of thiol groups is 1. The van der Waals surface area contributed by atoms with Crippen molar-refractivity contribution in [3.63, 3.8) is 0 Å². The predicted molar refractivity (Wildman–Crippen MR) is 61.5 cm³/mol. The van der Waals surface area contributed by atoms with E-state index in [9.17, 15) is 0 Å². The number of unbranched alkanes of at least 4 members (excludes halogenated alkanes) is 2. The zero-order valence-electron chi connectivity index (χ0n) is 7.92. The standard InChI is InChI=1S/C9H20OS2/c1-10-6-5-9-12-8-4-2-3-7-11/h11H,2-9H2,1H3. The Labute approximate surface area is 86.1 Å². The summed E-state index contributed by atoms with van der Waals surface area (Å²) in [5, 5.41) is 0. The van der Waals surface area contributed by atoms with Crippen LogP contribution in [0.2, 0.25) is 0 Å². The second kappa shape index (κ2) is 11.7. The van der Waals surface area contributed by atoms with Crippen LogP contribution >= 0.6 is 24.4 Å². The van der Waals surface area contributed by atoms with Gasteiger partial charge >= 0.3 is 0 Å². The molecule has 74 valence electrons. The first kappa shape index (κ1) is 12.7. The molecule has 3 heteroatoms. The molecule has 0 rings (SSSR count). The minimum atomic E-state index is 0.906. The van der Waals surface area contributed by atoms with Gasteiger partial charge in [0.1, 0.15) is 0 Å². The summed E-state index contributed by atoms with van der Waals surface area (Å²) in [6.45, 7) is 0.906. The quantitative estimate of drug-likeness (QED) is 0.461. The maximum absolute atomic E-state index is 4.96. The first-order valence-electron chi connectivity index (χ1n) is 4.59. The Hall–Kier alpha value is 0.660. The van der Waals surface area contributed by atoms with E-state index in [-0.39, 0.29) is 0 Å². The van der Waals surface area contributed by atoms with E-state index >= 15 is 0 Å². The van der Waals surface area contributed by atoms with Crippen LogP contribution in [-0.4, -0.2) is 31.0 Å². The molecule has 0 heterocycles. The molecule has 0 N–H and O–H groups in total. The van der Waals surface area contributed by atoms with Crippen LogP contribution < -0.4 is 0 Å². The second-order valence-corrected chi connectivity index (χ2v) is 4.41. The van der Waals surface area contributed by atoms with Gasteiger partial charge in [-0.15, -0.1) is 0 Å². The topological polar surface area (TPSA) is 9.23 Å². The van der Waals surface area contributed by atoms with Crippen LogP contribution in [-0.2, 0) is 4.74 Å². The van der Waals surface area contributed by atoms with E-state index < -0.39 is 0 Å². The van der Waals surface area contributed by atoms with Gasteiger partial charge in [0.05, 0.1) is 0 Å². The first-order valence-corrected chi connectivity index (χ1v) is 6.38. The average Bonchev–Trinajstić information content (AvgIpc) is 2.10. The van der Waals surface area contributed by atoms with Gasteiger partial charge in [0.2, 0.25) is 0 Å². The van der Waals surface area contributed by atoms with Crippen LogP contribution in [0.1, 0.15) is 25.7 Å². The van der Waals surface area contributed by atoms with E-state index in [4.69, 9.17) is 4.74 Å². The summed E-state index contributed by atoms with van der Waals surface area (Å²) in [5.41, 5.74) is 0. The van der Waals surface area contributed by atoms with Gasteiger partial charge in [-0.1, -0.05) is 6.42 Å². The Morgan fingerprint density at radius 1 is 1.08 bits per heavy atom. The summed E-state index contributed by atoms with van der Waals surface area (Å²) in [6, 6.07) is 0. The summed E-state index contributed by atoms with van der Waals surface area (Å²) >= 11 is 6.21. The van der Waals surface area contributed by atoms with E-state index in [1.165, 1.54) is 37.2 Å². The van der Waals surface area contributed by atoms with Crippen molar-refractivity contribution in [2.45, 2.75) is 25.7 Å². The summed E-state index contributed by atoms with van der Waals surface area (Å²) < 4.78 is 4.96. The molecular weight excluding hydrogens is 188 g/mol. The summed E-state index contributed by atoms with van der Waals surface area (Å²) in [7, 11) is 1.76. The zero-order chi connectivity index (χ0) is 9.07. The normalized spacial score (nSPS) is 10.5. The SMILES string of the molecule is COCCCSCCCCCS. The molecule has 0 amide bonds. The lowest BCUT2D eigenvalue weighted by atomic mass is 10.3. The van der Waals surface area contributed by atoms with Gasteiger partial charge in [-0.2, -0.15) is 24.4 Å². The third-order valence-electron chi connectivity index (χ3n) is 1.58. The first-order chi connectivity index (χ1) is 5.91. The maximum atomic E-state index is 4.96. The average molecular weight is 208 g/mol. The van der Waals surface area contributed by atoms with Gasteiger partial charge in [-0.25, -0.2) is 0 Å². The van der Waals surface area contributed by atoms with Crippen molar-refractivity contribution in [1.82, 2.24) is 0 Å². The molecule has 0 aliphatic carbocycles. The van der Waals surface area contributed by atoms with Crippen LogP contribution in [0.3, 0.4) is 0 Å². The van der Waals surface area contributed by atoms with Gasteiger partial charge in [-0.3, -0.25) is 0 Å². The summed E-state index contributed by atoms with van der Waals surface area (Å²) in [6.07, 6.45) is 5.13. The Balaban J connectivity index is 2.73. The van der Waals surface area contributed by atoms with Crippen LogP contribution in [0.4, 0.5) is 0 Å². The maximum Gasteiger partial charge on any atom is 0.0470 e. The molecule has 1 nitrogen and oxygen atoms in total. The fourth-order valence-corrected chi connectivity index (χ4v) is 2.06. The van der Waals surface area contributed by atoms with Crippen molar-refractivity contribution in [2.75, 3.05) is 31.0 Å². The predicted octanol–water partition coefficient (Wildman–Crippen LogP) is 2.86. The molecule has 0 bridgehead atoms. The number of ether oxygens (including phenoxy) is 1. The minimum Gasteiger partial charge on any atom is -0.385 e. The molecule has 0 spiro atoms. The highest BCUT2D eigenvalue weighted by molar-refractivity contribution is 7.99. The molecule has 0 saturated heterocycles. The molecule has 0 aliphatic rings. The molecule has 0 aliphatic heterocycles. The van der Waals surface area contributed by atoms with Crippen molar-refractivity contribution < 1.29 is 4.74 Å². The number of hydrogen-bond acceptors (Lipinski definition) is 3. The van der Waals surface area contributed by atoms with Crippen molar-refractivity contribution in [3.8, 4) is 0 Å². The van der Waals surface area contributed by atoms with E-state index in [1.807, 2.05) is 11.8 Å². The number of methoxy groups -OCH3 is 1. The molecule has 0 unspecified atom stereocenters. The second-order valence-electron chi connectivity index (χ2n) is 2.74. The van der Waals surface area contributed by atoms with Gasteiger partial charge in [0.25, 0.3) is 0 Å². The molecule has 0 atom stereocenters. The largest absolute Gasteiger partial charge is 0.385 e. The Kier molecular flexibility index (Phi) is 12.3. The fraction of sp³-hybridized carbons (Fsp3) is 1.00. The third kappa shape index (κ3) is 10.7. The third-order valence-corrected chi connectivity index (χ3v) is 3.05. The fourth-order valence-electron chi connectivity index (χ4n) is 0.900. The van der Waals surface area contributed by atoms with Crippen molar-refractivity contribution in [1.29, 1.82) is 0 Å². The summed E-state index contributed by atoms with van der Waals surface area (Å²) in [4.78, 5) is 0. The zero-order valence-corrected chi connectivity index (χ0v) is 9.63. The molecule has 0 aromatic carbocycles. The van der Waals surface area contributed by atoms with Crippen LogP contribution in [0.15, 0.2) is 0 Å². The highest BCUT2D eigenvalue weighted by Crippen LogP contribution is 2.07. The Morgan fingerprint density at radius 2 is 1.83 bits per heavy atom. The van der Waals surface area contributed by atoms with E-state index in [0.717, 1.165) is 12.4 Å². The van der Waals surface area contributed by atoms with Crippen LogP contribution in [0.5, 0.6) is 0 Å². The van der Waals surface area contributed by atoms with Gasteiger partial charge < -0.3 is 4.74 Å². The van der Waals surface area contributed by atoms with Gasteiger partial charge in [-0.05, 0) is 36.5 Å². The van der Waals surface area contributed by atoms with Gasteiger partial charge in [0.15, 0.2) is 0 Å². The molecule has 0 fully saturated rings. The molecule has 12 heavy (non-hydrogen) atoms. The molecule has 0 aromatic heterocycles. The highest BCUT2D eigenvalue weighted by Gasteiger charge is 1.90. The lowest BCUT2D eigenvalue weighted by Gasteiger charge is -2.00. The van der Waals surface area contributed by atoms with Crippen molar-refractivity contribution >= 4 is 24.4 Å². The molecule has 0 aromatic rings. The Morgan fingerprint density at radius 3 is 2.50 bits per heavy atom. The van der Waals surface area contributed by atoms with Gasteiger partial charge in [0, 0.05) is 13.7 Å². The molecular formula is C9H20OS2. The number of rotatable bonds is 9. The van der Waals surface area contributed by atoms with E-state index in [2.05, 4.69) is 12.6 Å². The lowest BCUT2D eigenvalue weighted by molar-refractivity contribution is 0.200. The van der Waals surface area contributed by atoms with Crippen molar-refractivity contribution in [2.24, 2.45) is 0 Å². The number of hydrogen-bond donors (Lipinski definition) is 1. The Bertz CT molecular complexity index is 68.9. The van der Waals surface area contributed by atoms with Crippen molar-refractivity contribution in [3.05, 3.63) is 0 Å². The highest BCUT2D eigenvalue weighted by atomic mass is 32.2. The van der Waals surface area contributed by atoms with Crippen LogP contribution in [0.25, 0.3) is 0 Å². The van der Waals surface area contributed by atoms with E-state index in [1.54, 1.807) is 7.11 Å².